The molecule has 92 valence electrons. The largest absolute Gasteiger partial charge is 0.465 e. The molecule has 5 heteroatoms. The Bertz CT molecular complexity index is 252. The molecule has 1 fully saturated rings. The monoisotopic (exact) mass is 228 g/mol. The molecule has 5 nitrogen and oxygen atoms in total. The van der Waals surface area contributed by atoms with E-state index in [2.05, 4.69) is 10.6 Å². The van der Waals surface area contributed by atoms with E-state index in [1.54, 1.807) is 13.8 Å². The van der Waals surface area contributed by atoms with Gasteiger partial charge in [-0.1, -0.05) is 0 Å². The Morgan fingerprint density at radius 1 is 1.44 bits per heavy atom. The van der Waals surface area contributed by atoms with Gasteiger partial charge >= 0.3 is 5.97 Å². The van der Waals surface area contributed by atoms with Gasteiger partial charge in [0.1, 0.15) is 6.04 Å². The minimum atomic E-state index is -0.353. The summed E-state index contributed by atoms with van der Waals surface area (Å²) >= 11 is 0. The normalized spacial score (nSPS) is 16.6. The van der Waals surface area contributed by atoms with Gasteiger partial charge in [0.15, 0.2) is 0 Å². The van der Waals surface area contributed by atoms with E-state index in [1.807, 2.05) is 0 Å². The number of hydrogen-bond acceptors (Lipinski definition) is 4. The molecule has 0 aromatic heterocycles. The zero-order chi connectivity index (χ0) is 12.0. The second-order valence-electron chi connectivity index (χ2n) is 4.02. The van der Waals surface area contributed by atoms with Crippen LogP contribution in [0, 0.1) is 0 Å². The molecule has 0 bridgehead atoms. The molecule has 1 amide bonds. The van der Waals surface area contributed by atoms with Crippen molar-refractivity contribution in [3.8, 4) is 0 Å². The van der Waals surface area contributed by atoms with Crippen molar-refractivity contribution < 1.29 is 14.3 Å². The van der Waals surface area contributed by atoms with Crippen molar-refractivity contribution in [1.82, 2.24) is 10.6 Å². The molecule has 1 unspecified atom stereocenters. The fraction of sp³-hybridized carbons (Fsp3) is 0.818. The summed E-state index contributed by atoms with van der Waals surface area (Å²) in [6, 6.07) is 0.0451. The van der Waals surface area contributed by atoms with Crippen LogP contribution in [0.15, 0.2) is 0 Å². The SMILES string of the molecule is CCOC(=O)C(C)NCCC(=O)NC1CC1. The highest BCUT2D eigenvalue weighted by Crippen LogP contribution is 2.18. The third kappa shape index (κ3) is 5.11. The molecule has 0 spiro atoms. The van der Waals surface area contributed by atoms with Gasteiger partial charge in [-0.3, -0.25) is 9.59 Å². The molecule has 2 N–H and O–H groups in total. The molecule has 1 atom stereocenters. The standard InChI is InChI=1S/C11H20N2O3/c1-3-16-11(15)8(2)12-7-6-10(14)13-9-4-5-9/h8-9,12H,3-7H2,1-2H3,(H,13,14). The van der Waals surface area contributed by atoms with Crippen LogP contribution in [-0.4, -0.2) is 37.1 Å². The Morgan fingerprint density at radius 2 is 2.12 bits per heavy atom. The summed E-state index contributed by atoms with van der Waals surface area (Å²) in [5, 5.41) is 5.84. The van der Waals surface area contributed by atoms with Gasteiger partial charge in [-0.15, -0.1) is 0 Å². The highest BCUT2D eigenvalue weighted by Gasteiger charge is 2.23. The quantitative estimate of drug-likeness (QED) is 0.611. The smallest absolute Gasteiger partial charge is 0.322 e. The van der Waals surface area contributed by atoms with Crippen LogP contribution in [0.3, 0.4) is 0 Å². The first-order valence-electron chi connectivity index (χ1n) is 5.83. The number of amides is 1. The molecule has 0 radical (unpaired) electrons. The summed E-state index contributed by atoms with van der Waals surface area (Å²) in [6.07, 6.45) is 2.59. The second-order valence-corrected chi connectivity index (χ2v) is 4.02. The minimum absolute atomic E-state index is 0.0473. The predicted molar refractivity (Wildman–Crippen MR) is 59.9 cm³/mol. The van der Waals surface area contributed by atoms with Gasteiger partial charge in [0.2, 0.25) is 5.91 Å². The van der Waals surface area contributed by atoms with Crippen LogP contribution in [0.4, 0.5) is 0 Å². The summed E-state index contributed by atoms with van der Waals surface area (Å²) in [4.78, 5) is 22.5. The molecule has 1 saturated carbocycles. The molecule has 0 aromatic carbocycles. The minimum Gasteiger partial charge on any atom is -0.465 e. The van der Waals surface area contributed by atoms with E-state index < -0.39 is 0 Å². The van der Waals surface area contributed by atoms with Crippen molar-refractivity contribution in [3.05, 3.63) is 0 Å². The number of esters is 1. The van der Waals surface area contributed by atoms with E-state index in [0.29, 0.717) is 25.6 Å². The van der Waals surface area contributed by atoms with Crippen molar-refractivity contribution in [2.45, 2.75) is 45.2 Å². The number of carbonyl (C=O) groups is 2. The van der Waals surface area contributed by atoms with Gasteiger partial charge in [-0.05, 0) is 26.7 Å². The summed E-state index contributed by atoms with van der Waals surface area (Å²) in [6.45, 7) is 4.38. The van der Waals surface area contributed by atoms with Gasteiger partial charge < -0.3 is 15.4 Å². The van der Waals surface area contributed by atoms with Crippen molar-refractivity contribution in [3.63, 3.8) is 0 Å². The molecule has 0 aliphatic heterocycles. The highest BCUT2D eigenvalue weighted by atomic mass is 16.5. The average molecular weight is 228 g/mol. The van der Waals surface area contributed by atoms with Gasteiger partial charge in [0.05, 0.1) is 6.61 Å². The third-order valence-electron chi connectivity index (χ3n) is 2.39. The zero-order valence-corrected chi connectivity index (χ0v) is 9.91. The molecule has 16 heavy (non-hydrogen) atoms. The van der Waals surface area contributed by atoms with Gasteiger partial charge in [-0.25, -0.2) is 0 Å². The molecule has 1 aliphatic carbocycles. The van der Waals surface area contributed by atoms with Crippen molar-refractivity contribution in [1.29, 1.82) is 0 Å². The molecular formula is C11H20N2O3. The maximum absolute atomic E-state index is 11.3. The van der Waals surface area contributed by atoms with E-state index in [1.165, 1.54) is 0 Å². The Morgan fingerprint density at radius 3 is 2.69 bits per heavy atom. The summed E-state index contributed by atoms with van der Waals surface area (Å²) < 4.78 is 4.83. The van der Waals surface area contributed by atoms with E-state index >= 15 is 0 Å². The summed E-state index contributed by atoms with van der Waals surface area (Å²) in [5.74, 6) is -0.226. The Labute approximate surface area is 95.9 Å². The lowest BCUT2D eigenvalue weighted by atomic mass is 10.3. The number of ether oxygens (including phenoxy) is 1. The van der Waals surface area contributed by atoms with Gasteiger partial charge in [-0.2, -0.15) is 0 Å². The van der Waals surface area contributed by atoms with Gasteiger partial charge in [0.25, 0.3) is 0 Å². The highest BCUT2D eigenvalue weighted by molar-refractivity contribution is 5.77. The first kappa shape index (κ1) is 13.0. The van der Waals surface area contributed by atoms with Gasteiger partial charge in [0, 0.05) is 19.0 Å². The van der Waals surface area contributed by atoms with E-state index in [9.17, 15) is 9.59 Å². The third-order valence-corrected chi connectivity index (χ3v) is 2.39. The van der Waals surface area contributed by atoms with E-state index in [0.717, 1.165) is 12.8 Å². The molecule has 1 aliphatic rings. The first-order chi connectivity index (χ1) is 7.63. The van der Waals surface area contributed by atoms with Crippen LogP contribution in [0.25, 0.3) is 0 Å². The fourth-order valence-corrected chi connectivity index (χ4v) is 1.28. The Hall–Kier alpha value is -1.10. The number of hydrogen-bond donors (Lipinski definition) is 2. The van der Waals surface area contributed by atoms with Crippen LogP contribution in [-0.2, 0) is 14.3 Å². The van der Waals surface area contributed by atoms with Crippen LogP contribution in [0.1, 0.15) is 33.1 Å². The predicted octanol–water partition coefficient (Wildman–Crippen LogP) is 0.196. The maximum Gasteiger partial charge on any atom is 0.322 e. The van der Waals surface area contributed by atoms with Crippen molar-refractivity contribution >= 4 is 11.9 Å². The molecule has 1 rings (SSSR count). The Balaban J connectivity index is 2.04. The zero-order valence-electron chi connectivity index (χ0n) is 9.91. The fourth-order valence-electron chi connectivity index (χ4n) is 1.28. The lowest BCUT2D eigenvalue weighted by Gasteiger charge is -2.12. The molecule has 0 saturated heterocycles. The van der Waals surface area contributed by atoms with Crippen LogP contribution in [0.5, 0.6) is 0 Å². The average Bonchev–Trinajstić information content (AvgIpc) is 3.01. The molecular weight excluding hydrogens is 208 g/mol. The van der Waals surface area contributed by atoms with Crippen LogP contribution < -0.4 is 10.6 Å². The molecule has 0 heterocycles. The van der Waals surface area contributed by atoms with Crippen molar-refractivity contribution in [2.24, 2.45) is 0 Å². The van der Waals surface area contributed by atoms with Crippen LogP contribution >= 0.6 is 0 Å². The molecule has 0 aromatic rings. The maximum atomic E-state index is 11.3. The lowest BCUT2D eigenvalue weighted by molar-refractivity contribution is -0.145. The number of nitrogens with one attached hydrogen (secondary N) is 2. The Kier molecular flexibility index (Phi) is 5.25. The van der Waals surface area contributed by atoms with Crippen LogP contribution in [0.2, 0.25) is 0 Å². The van der Waals surface area contributed by atoms with E-state index in [4.69, 9.17) is 4.74 Å². The first-order valence-corrected chi connectivity index (χ1v) is 5.83. The second kappa shape index (κ2) is 6.48. The summed E-state index contributed by atoms with van der Waals surface area (Å²) in [7, 11) is 0. The topological polar surface area (TPSA) is 67.4 Å². The van der Waals surface area contributed by atoms with Crippen molar-refractivity contribution in [2.75, 3.05) is 13.2 Å². The lowest BCUT2D eigenvalue weighted by Crippen LogP contribution is -2.38. The number of carbonyl (C=O) groups excluding carboxylic acids is 2. The number of rotatable bonds is 7. The summed E-state index contributed by atoms with van der Waals surface area (Å²) in [5.41, 5.74) is 0. The van der Waals surface area contributed by atoms with E-state index in [-0.39, 0.29) is 17.9 Å².